The predicted molar refractivity (Wildman–Crippen MR) is 92.3 cm³/mol. The van der Waals surface area contributed by atoms with Crippen LogP contribution in [0.1, 0.15) is 54.9 Å². The fourth-order valence-electron chi connectivity index (χ4n) is 4.39. The highest BCUT2D eigenvalue weighted by atomic mass is 16.1. The van der Waals surface area contributed by atoms with Gasteiger partial charge in [0, 0.05) is 24.2 Å². The van der Waals surface area contributed by atoms with Gasteiger partial charge in [0.25, 0.3) is 0 Å². The lowest BCUT2D eigenvalue weighted by Crippen LogP contribution is -2.46. The van der Waals surface area contributed by atoms with Crippen LogP contribution < -0.4 is 5.73 Å². The fourth-order valence-corrected chi connectivity index (χ4v) is 4.39. The standard InChI is InChI=1S/C19H25N3O/c1-12-3-8-16-15(11-12)17(23)19(2)9-10-22(18(19)21-16)14-6-4-13(20)5-7-14/h3,8,11,13-14H,4-7,9-10,20H2,1-2H3/t13?,14?,19-/m0/s1. The molecule has 0 amide bonds. The van der Waals surface area contributed by atoms with Crippen molar-refractivity contribution in [3.8, 4) is 0 Å². The maximum atomic E-state index is 13.1. The molecular weight excluding hydrogens is 286 g/mol. The van der Waals surface area contributed by atoms with Gasteiger partial charge in [0.2, 0.25) is 0 Å². The van der Waals surface area contributed by atoms with Crippen molar-refractivity contribution in [3.05, 3.63) is 29.3 Å². The number of aliphatic imine (C=N–C) groups is 1. The van der Waals surface area contributed by atoms with Gasteiger partial charge < -0.3 is 10.6 Å². The average molecular weight is 311 g/mol. The molecule has 2 aliphatic heterocycles. The molecule has 2 heterocycles. The Bertz CT molecular complexity index is 688. The Hall–Kier alpha value is -1.68. The van der Waals surface area contributed by atoms with Gasteiger partial charge in [-0.25, -0.2) is 4.99 Å². The SMILES string of the molecule is Cc1ccc2c(c1)C(=O)[C@]1(C)CCN(C3CCC(N)CC3)C1=N2. The van der Waals surface area contributed by atoms with Crippen LogP contribution in [0.15, 0.2) is 23.2 Å². The van der Waals surface area contributed by atoms with Gasteiger partial charge >= 0.3 is 0 Å². The number of nitrogens with two attached hydrogens (primary N) is 1. The van der Waals surface area contributed by atoms with E-state index in [2.05, 4.69) is 11.8 Å². The highest BCUT2D eigenvalue weighted by molar-refractivity contribution is 6.21. The van der Waals surface area contributed by atoms with Crippen LogP contribution in [0.5, 0.6) is 0 Å². The number of carbonyl (C=O) groups excluding carboxylic acids is 1. The summed E-state index contributed by atoms with van der Waals surface area (Å²) in [5.74, 6) is 1.25. The Balaban J connectivity index is 1.72. The van der Waals surface area contributed by atoms with Gasteiger partial charge in [-0.2, -0.15) is 0 Å². The zero-order valence-corrected chi connectivity index (χ0v) is 14.0. The second kappa shape index (κ2) is 5.17. The number of likely N-dealkylation sites (tertiary alicyclic amines) is 1. The first-order valence-corrected chi connectivity index (χ1v) is 8.76. The first-order valence-electron chi connectivity index (χ1n) is 8.76. The summed E-state index contributed by atoms with van der Waals surface area (Å²) in [5, 5.41) is 0. The van der Waals surface area contributed by atoms with Crippen LogP contribution in [0.3, 0.4) is 0 Å². The maximum absolute atomic E-state index is 13.1. The second-order valence-electron chi connectivity index (χ2n) is 7.63. The molecule has 4 nitrogen and oxygen atoms in total. The van der Waals surface area contributed by atoms with E-state index in [9.17, 15) is 4.79 Å². The van der Waals surface area contributed by atoms with Gasteiger partial charge in [0.05, 0.1) is 11.1 Å². The molecule has 4 heteroatoms. The Morgan fingerprint density at radius 3 is 2.74 bits per heavy atom. The van der Waals surface area contributed by atoms with Crippen molar-refractivity contribution in [2.45, 2.75) is 58.0 Å². The quantitative estimate of drug-likeness (QED) is 0.866. The molecule has 23 heavy (non-hydrogen) atoms. The molecule has 3 aliphatic rings. The normalized spacial score (nSPS) is 33.3. The summed E-state index contributed by atoms with van der Waals surface area (Å²) >= 11 is 0. The molecule has 0 radical (unpaired) electrons. The van der Waals surface area contributed by atoms with Crippen molar-refractivity contribution in [2.75, 3.05) is 6.54 Å². The topological polar surface area (TPSA) is 58.7 Å². The number of nitrogens with zero attached hydrogens (tertiary/aromatic N) is 2. The summed E-state index contributed by atoms with van der Waals surface area (Å²) in [7, 11) is 0. The second-order valence-corrected chi connectivity index (χ2v) is 7.63. The smallest absolute Gasteiger partial charge is 0.178 e. The van der Waals surface area contributed by atoms with E-state index in [4.69, 9.17) is 10.7 Å². The minimum Gasteiger partial charge on any atom is -0.356 e. The number of carbonyl (C=O) groups is 1. The Kier molecular flexibility index (Phi) is 3.34. The first kappa shape index (κ1) is 14.9. The Morgan fingerprint density at radius 1 is 1.26 bits per heavy atom. The summed E-state index contributed by atoms with van der Waals surface area (Å²) in [6, 6.07) is 6.86. The molecule has 1 aliphatic carbocycles. The van der Waals surface area contributed by atoms with Gasteiger partial charge in [0.1, 0.15) is 5.84 Å². The number of amidine groups is 1. The molecule has 122 valence electrons. The summed E-state index contributed by atoms with van der Waals surface area (Å²) in [6.45, 7) is 5.04. The van der Waals surface area contributed by atoms with Crippen molar-refractivity contribution < 1.29 is 4.79 Å². The molecule has 1 aromatic rings. The lowest BCUT2D eigenvalue weighted by Gasteiger charge is -2.38. The minimum absolute atomic E-state index is 0.246. The van der Waals surface area contributed by atoms with Crippen LogP contribution >= 0.6 is 0 Å². The van der Waals surface area contributed by atoms with Crippen molar-refractivity contribution in [1.82, 2.24) is 4.90 Å². The molecular formula is C19H25N3O. The lowest BCUT2D eigenvalue weighted by atomic mass is 9.77. The fraction of sp³-hybridized carbons (Fsp3) is 0.579. The molecule has 4 rings (SSSR count). The highest BCUT2D eigenvalue weighted by Crippen LogP contribution is 2.45. The van der Waals surface area contributed by atoms with E-state index in [-0.39, 0.29) is 5.78 Å². The number of rotatable bonds is 1. The Morgan fingerprint density at radius 2 is 2.00 bits per heavy atom. The highest BCUT2D eigenvalue weighted by Gasteiger charge is 2.51. The van der Waals surface area contributed by atoms with Crippen LogP contribution in [-0.2, 0) is 0 Å². The number of aryl methyl sites for hydroxylation is 1. The zero-order chi connectivity index (χ0) is 16.2. The first-order chi connectivity index (χ1) is 11.0. The lowest BCUT2D eigenvalue weighted by molar-refractivity contribution is 0.0887. The molecule has 2 N–H and O–H groups in total. The number of benzene rings is 1. The summed E-state index contributed by atoms with van der Waals surface area (Å²) in [4.78, 5) is 20.5. The largest absolute Gasteiger partial charge is 0.356 e. The van der Waals surface area contributed by atoms with Gasteiger partial charge in [-0.1, -0.05) is 11.6 Å². The Labute approximate surface area is 137 Å². The monoisotopic (exact) mass is 311 g/mol. The minimum atomic E-state index is -0.444. The molecule has 0 spiro atoms. The summed E-state index contributed by atoms with van der Waals surface area (Å²) in [5.41, 5.74) is 8.36. The van der Waals surface area contributed by atoms with Crippen molar-refractivity contribution in [2.24, 2.45) is 16.1 Å². The van der Waals surface area contributed by atoms with Crippen molar-refractivity contribution >= 4 is 17.3 Å². The number of hydrogen-bond donors (Lipinski definition) is 1. The molecule has 1 atom stereocenters. The summed E-state index contributed by atoms with van der Waals surface area (Å²) < 4.78 is 0. The van der Waals surface area contributed by atoms with E-state index in [0.29, 0.717) is 12.1 Å². The number of ketones is 1. The van der Waals surface area contributed by atoms with Crippen LogP contribution in [0, 0.1) is 12.3 Å². The van der Waals surface area contributed by atoms with E-state index < -0.39 is 5.41 Å². The average Bonchev–Trinajstić information content (AvgIpc) is 2.88. The van der Waals surface area contributed by atoms with E-state index in [1.807, 2.05) is 25.1 Å². The molecule has 0 unspecified atom stereocenters. The van der Waals surface area contributed by atoms with Crippen LogP contribution in [-0.4, -0.2) is 35.1 Å². The third kappa shape index (κ3) is 2.23. The maximum Gasteiger partial charge on any atom is 0.178 e. The van der Waals surface area contributed by atoms with Gasteiger partial charge in [-0.3, -0.25) is 4.79 Å². The van der Waals surface area contributed by atoms with Crippen LogP contribution in [0.4, 0.5) is 5.69 Å². The number of Topliss-reactive ketones (excluding diaryl/α,β-unsaturated/α-hetero) is 1. The van der Waals surface area contributed by atoms with E-state index in [0.717, 1.165) is 61.3 Å². The number of fused-ring (bicyclic) bond motifs is 2. The molecule has 1 saturated carbocycles. The molecule has 0 aromatic heterocycles. The molecule has 1 saturated heterocycles. The third-order valence-corrected chi connectivity index (χ3v) is 5.92. The van der Waals surface area contributed by atoms with E-state index >= 15 is 0 Å². The third-order valence-electron chi connectivity index (χ3n) is 5.92. The van der Waals surface area contributed by atoms with Crippen molar-refractivity contribution in [1.29, 1.82) is 0 Å². The van der Waals surface area contributed by atoms with Gasteiger partial charge in [-0.05, 0) is 58.1 Å². The molecule has 0 bridgehead atoms. The van der Waals surface area contributed by atoms with Crippen LogP contribution in [0.2, 0.25) is 0 Å². The predicted octanol–water partition coefficient (Wildman–Crippen LogP) is 3.20. The molecule has 2 fully saturated rings. The zero-order valence-electron chi connectivity index (χ0n) is 14.0. The molecule has 1 aromatic carbocycles. The van der Waals surface area contributed by atoms with Crippen molar-refractivity contribution in [3.63, 3.8) is 0 Å². The van der Waals surface area contributed by atoms with E-state index in [1.165, 1.54) is 0 Å². The summed E-state index contributed by atoms with van der Waals surface area (Å²) in [6.07, 6.45) is 5.26. The number of hydrogen-bond acceptors (Lipinski definition) is 4. The van der Waals surface area contributed by atoms with E-state index in [1.54, 1.807) is 0 Å². The van der Waals surface area contributed by atoms with Gasteiger partial charge in [0.15, 0.2) is 5.78 Å². The van der Waals surface area contributed by atoms with Crippen LogP contribution in [0.25, 0.3) is 0 Å². The van der Waals surface area contributed by atoms with Gasteiger partial charge in [-0.15, -0.1) is 0 Å².